The Morgan fingerprint density at radius 1 is 1.23 bits per heavy atom. The van der Waals surface area contributed by atoms with Crippen molar-refractivity contribution in [1.29, 1.82) is 0 Å². The molecule has 0 radical (unpaired) electrons. The topological polar surface area (TPSA) is 9.23 Å². The Morgan fingerprint density at radius 3 is 2.62 bits per heavy atom. The number of ether oxygens (including phenoxy) is 1. The van der Waals surface area contributed by atoms with Gasteiger partial charge in [0.1, 0.15) is 5.75 Å². The second-order valence-electron chi connectivity index (χ2n) is 4.77. The van der Waals surface area contributed by atoms with Crippen molar-refractivity contribution in [2.24, 2.45) is 5.41 Å². The van der Waals surface area contributed by atoms with Crippen LogP contribution in [0.4, 0.5) is 0 Å². The fraction of sp³-hybridized carbons (Fsp3) is 0.500. The van der Waals surface area contributed by atoms with Gasteiger partial charge in [0, 0.05) is 11.5 Å². The lowest BCUT2D eigenvalue weighted by molar-refractivity contribution is 0.243. The van der Waals surface area contributed by atoms with E-state index >= 15 is 0 Å². The van der Waals surface area contributed by atoms with Crippen LogP contribution >= 0.6 is 0 Å². The largest absolute Gasteiger partial charge is 0.493 e. The van der Waals surface area contributed by atoms with Crippen LogP contribution in [-0.2, 0) is 0 Å². The first-order valence-electron chi connectivity index (χ1n) is 4.81. The minimum atomic E-state index is 0.298. The van der Waals surface area contributed by atoms with Crippen LogP contribution in [0.2, 0.25) is 0 Å². The van der Waals surface area contributed by atoms with Crippen LogP contribution in [0.15, 0.2) is 24.3 Å². The van der Waals surface area contributed by atoms with Crippen LogP contribution in [0.25, 0.3) is 0 Å². The summed E-state index contributed by atoms with van der Waals surface area (Å²) < 4.78 is 5.64. The van der Waals surface area contributed by atoms with E-state index in [4.69, 9.17) is 4.74 Å². The number of rotatable bonds is 0. The van der Waals surface area contributed by atoms with Crippen LogP contribution < -0.4 is 4.74 Å². The molecule has 1 heteroatoms. The molecule has 0 aromatic heterocycles. The van der Waals surface area contributed by atoms with Gasteiger partial charge in [0.05, 0.1) is 6.61 Å². The molecule has 0 fully saturated rings. The summed E-state index contributed by atoms with van der Waals surface area (Å²) in [7, 11) is 0. The maximum Gasteiger partial charge on any atom is 0.122 e. The van der Waals surface area contributed by atoms with Gasteiger partial charge in [0.15, 0.2) is 0 Å². The fourth-order valence-corrected chi connectivity index (χ4v) is 1.88. The molecule has 1 aromatic carbocycles. The van der Waals surface area contributed by atoms with Gasteiger partial charge in [0.2, 0.25) is 0 Å². The van der Waals surface area contributed by atoms with E-state index < -0.39 is 0 Å². The second-order valence-corrected chi connectivity index (χ2v) is 4.77. The van der Waals surface area contributed by atoms with Gasteiger partial charge in [-0.25, -0.2) is 0 Å². The predicted octanol–water partition coefficient (Wildman–Crippen LogP) is 3.21. The highest BCUT2D eigenvalue weighted by molar-refractivity contribution is 5.40. The first kappa shape index (κ1) is 8.61. The van der Waals surface area contributed by atoms with Crippen molar-refractivity contribution in [3.05, 3.63) is 29.8 Å². The molecule has 1 aliphatic rings. The third kappa shape index (κ3) is 1.43. The second kappa shape index (κ2) is 2.76. The Labute approximate surface area is 79.7 Å². The van der Waals surface area contributed by atoms with Gasteiger partial charge in [-0.2, -0.15) is 0 Å². The van der Waals surface area contributed by atoms with Crippen molar-refractivity contribution in [3.8, 4) is 5.75 Å². The molecule has 0 spiro atoms. The van der Waals surface area contributed by atoms with Crippen LogP contribution in [0.3, 0.4) is 0 Å². The Hall–Kier alpha value is -0.980. The van der Waals surface area contributed by atoms with E-state index in [9.17, 15) is 0 Å². The number of hydrogen-bond acceptors (Lipinski definition) is 1. The van der Waals surface area contributed by atoms with Gasteiger partial charge in [0.25, 0.3) is 0 Å². The summed E-state index contributed by atoms with van der Waals surface area (Å²) in [6, 6.07) is 8.36. The fourth-order valence-electron chi connectivity index (χ4n) is 1.88. The molecule has 1 heterocycles. The highest BCUT2D eigenvalue weighted by atomic mass is 16.5. The van der Waals surface area contributed by atoms with E-state index in [1.165, 1.54) is 5.56 Å². The highest BCUT2D eigenvalue weighted by Crippen LogP contribution is 2.43. The summed E-state index contributed by atoms with van der Waals surface area (Å²) in [6.07, 6.45) is 0. The lowest BCUT2D eigenvalue weighted by Gasteiger charge is -2.25. The zero-order valence-electron chi connectivity index (χ0n) is 8.50. The smallest absolute Gasteiger partial charge is 0.122 e. The van der Waals surface area contributed by atoms with E-state index in [0.29, 0.717) is 11.3 Å². The molecule has 0 aliphatic carbocycles. The molecule has 1 nitrogen and oxygen atoms in total. The highest BCUT2D eigenvalue weighted by Gasteiger charge is 2.33. The lowest BCUT2D eigenvalue weighted by atomic mass is 9.78. The van der Waals surface area contributed by atoms with Crippen LogP contribution in [-0.4, -0.2) is 6.61 Å². The molecule has 1 unspecified atom stereocenters. The first-order valence-corrected chi connectivity index (χ1v) is 4.81. The van der Waals surface area contributed by atoms with Gasteiger partial charge in [-0.3, -0.25) is 0 Å². The Morgan fingerprint density at radius 2 is 1.92 bits per heavy atom. The molecule has 0 N–H and O–H groups in total. The Bertz CT molecular complexity index is 309. The average molecular weight is 176 g/mol. The van der Waals surface area contributed by atoms with Gasteiger partial charge < -0.3 is 4.74 Å². The summed E-state index contributed by atoms with van der Waals surface area (Å²) >= 11 is 0. The minimum Gasteiger partial charge on any atom is -0.493 e. The van der Waals surface area contributed by atoms with Gasteiger partial charge in [-0.1, -0.05) is 39.0 Å². The normalized spacial score (nSPS) is 21.0. The van der Waals surface area contributed by atoms with Gasteiger partial charge >= 0.3 is 0 Å². The maximum absolute atomic E-state index is 5.64. The molecule has 1 atom stereocenters. The standard InChI is InChI=1S/C12H16O/c1-12(2,3)10-8-13-11-7-5-4-6-9(10)11/h4-7,10H,8H2,1-3H3. The molecule has 70 valence electrons. The molecule has 2 rings (SSSR count). The molecule has 1 aliphatic heterocycles. The zero-order chi connectivity index (χ0) is 9.47. The van der Waals surface area contributed by atoms with Crippen molar-refractivity contribution < 1.29 is 4.74 Å². The third-order valence-electron chi connectivity index (χ3n) is 2.75. The Kier molecular flexibility index (Phi) is 1.83. The first-order chi connectivity index (χ1) is 6.09. The van der Waals surface area contributed by atoms with Crippen LogP contribution in [0.1, 0.15) is 32.3 Å². The van der Waals surface area contributed by atoms with Crippen molar-refractivity contribution in [1.82, 2.24) is 0 Å². The van der Waals surface area contributed by atoms with E-state index in [0.717, 1.165) is 12.4 Å². The van der Waals surface area contributed by atoms with Crippen molar-refractivity contribution in [3.63, 3.8) is 0 Å². The molecule has 13 heavy (non-hydrogen) atoms. The van der Waals surface area contributed by atoms with E-state index in [2.05, 4.69) is 39.0 Å². The van der Waals surface area contributed by atoms with Gasteiger partial charge in [-0.15, -0.1) is 0 Å². The monoisotopic (exact) mass is 176 g/mol. The van der Waals surface area contributed by atoms with Crippen molar-refractivity contribution in [2.45, 2.75) is 26.7 Å². The number of para-hydroxylation sites is 1. The number of hydrogen-bond donors (Lipinski definition) is 0. The van der Waals surface area contributed by atoms with Crippen LogP contribution in [0.5, 0.6) is 5.75 Å². The molecule has 0 bridgehead atoms. The summed E-state index contributed by atoms with van der Waals surface area (Å²) in [5, 5.41) is 0. The molecular formula is C12H16O. The number of fused-ring (bicyclic) bond motifs is 1. The summed E-state index contributed by atoms with van der Waals surface area (Å²) in [6.45, 7) is 7.64. The summed E-state index contributed by atoms with van der Waals surface area (Å²) in [5.74, 6) is 1.62. The number of benzene rings is 1. The molecule has 0 amide bonds. The molecule has 0 saturated heterocycles. The zero-order valence-corrected chi connectivity index (χ0v) is 8.50. The van der Waals surface area contributed by atoms with Crippen LogP contribution in [0, 0.1) is 5.41 Å². The van der Waals surface area contributed by atoms with E-state index in [1.54, 1.807) is 0 Å². The molecule has 1 aromatic rings. The maximum atomic E-state index is 5.64. The average Bonchev–Trinajstić information content (AvgIpc) is 2.45. The van der Waals surface area contributed by atoms with Gasteiger partial charge in [-0.05, 0) is 11.5 Å². The van der Waals surface area contributed by atoms with Crippen molar-refractivity contribution >= 4 is 0 Å². The van der Waals surface area contributed by atoms with E-state index in [1.807, 2.05) is 6.07 Å². The van der Waals surface area contributed by atoms with E-state index in [-0.39, 0.29) is 0 Å². The molecule has 0 saturated carbocycles. The Balaban J connectivity index is 2.39. The predicted molar refractivity (Wildman–Crippen MR) is 54.1 cm³/mol. The minimum absolute atomic E-state index is 0.298. The SMILES string of the molecule is CC(C)(C)C1COc2ccccc21. The third-order valence-corrected chi connectivity index (χ3v) is 2.75. The van der Waals surface area contributed by atoms with Crippen molar-refractivity contribution in [2.75, 3.05) is 6.61 Å². The molecular weight excluding hydrogens is 160 g/mol. The quantitative estimate of drug-likeness (QED) is 0.589. The lowest BCUT2D eigenvalue weighted by Crippen LogP contribution is -2.19. The summed E-state index contributed by atoms with van der Waals surface area (Å²) in [5.41, 5.74) is 1.67. The summed E-state index contributed by atoms with van der Waals surface area (Å²) in [4.78, 5) is 0.